The van der Waals surface area contributed by atoms with Gasteiger partial charge in [-0.3, -0.25) is 9.69 Å². The van der Waals surface area contributed by atoms with Crippen molar-refractivity contribution in [3.63, 3.8) is 0 Å². The molecular weight excluding hydrogens is 358 g/mol. The number of para-hydroxylation sites is 1. The molecule has 26 heavy (non-hydrogen) atoms. The van der Waals surface area contributed by atoms with E-state index in [0.29, 0.717) is 16.3 Å². The maximum atomic E-state index is 12.5. The summed E-state index contributed by atoms with van der Waals surface area (Å²) in [5, 5.41) is 1.17. The van der Waals surface area contributed by atoms with Crippen LogP contribution in [-0.4, -0.2) is 35.8 Å². The number of carbonyl (C=O) groups is 3. The van der Waals surface area contributed by atoms with Gasteiger partial charge in [0.15, 0.2) is 0 Å². The Hall–Kier alpha value is -2.74. The fraction of sp³-hybridized carbons (Fsp3) is 0.278. The SMILES string of the molecule is CCOC(=O)/C=C(\C)N(C(C)=O)c1ccccc1S(=O)/C=C/C(=O)OC. The number of hydrogen-bond acceptors (Lipinski definition) is 6. The zero-order chi connectivity index (χ0) is 19.7. The number of carbonyl (C=O) groups excluding carboxylic acids is 3. The first-order chi connectivity index (χ1) is 12.3. The van der Waals surface area contributed by atoms with Crippen LogP contribution in [-0.2, 0) is 34.7 Å². The molecule has 7 nitrogen and oxygen atoms in total. The van der Waals surface area contributed by atoms with Crippen LogP contribution in [0.25, 0.3) is 0 Å². The first-order valence-corrected chi connectivity index (χ1v) is 8.94. The lowest BCUT2D eigenvalue weighted by Crippen LogP contribution is -2.28. The summed E-state index contributed by atoms with van der Waals surface area (Å²) in [6.07, 6.45) is 2.24. The van der Waals surface area contributed by atoms with E-state index in [1.165, 1.54) is 30.4 Å². The second-order valence-electron chi connectivity index (χ2n) is 4.98. The van der Waals surface area contributed by atoms with E-state index in [9.17, 15) is 18.6 Å². The number of amides is 1. The number of benzene rings is 1. The normalized spacial score (nSPS) is 12.5. The number of allylic oxidation sites excluding steroid dienone is 1. The number of rotatable bonds is 7. The van der Waals surface area contributed by atoms with Crippen LogP contribution in [0.5, 0.6) is 0 Å². The Kier molecular flexibility index (Phi) is 8.44. The molecule has 1 atom stereocenters. The number of methoxy groups -OCH3 is 1. The molecule has 0 aliphatic rings. The van der Waals surface area contributed by atoms with E-state index in [0.717, 1.165) is 6.08 Å². The molecule has 1 aromatic rings. The van der Waals surface area contributed by atoms with Crippen molar-refractivity contribution in [2.24, 2.45) is 0 Å². The van der Waals surface area contributed by atoms with Crippen LogP contribution >= 0.6 is 0 Å². The molecule has 0 spiro atoms. The Bertz CT molecular complexity index is 769. The van der Waals surface area contributed by atoms with Gasteiger partial charge in [0, 0.05) is 30.2 Å². The average Bonchev–Trinajstić information content (AvgIpc) is 2.59. The highest BCUT2D eigenvalue weighted by atomic mass is 32.2. The van der Waals surface area contributed by atoms with Gasteiger partial charge in [0.05, 0.1) is 35.1 Å². The molecule has 0 saturated carbocycles. The molecule has 0 fully saturated rings. The van der Waals surface area contributed by atoms with Crippen molar-refractivity contribution in [2.75, 3.05) is 18.6 Å². The topological polar surface area (TPSA) is 90.0 Å². The van der Waals surface area contributed by atoms with E-state index in [1.807, 2.05) is 0 Å². The van der Waals surface area contributed by atoms with Gasteiger partial charge >= 0.3 is 11.9 Å². The molecule has 8 heteroatoms. The molecule has 0 aliphatic heterocycles. The summed E-state index contributed by atoms with van der Waals surface area (Å²) in [6, 6.07) is 6.50. The van der Waals surface area contributed by atoms with Gasteiger partial charge in [-0.25, -0.2) is 13.8 Å². The van der Waals surface area contributed by atoms with E-state index in [1.54, 1.807) is 38.1 Å². The smallest absolute Gasteiger partial charge is 0.332 e. The summed E-state index contributed by atoms with van der Waals surface area (Å²) in [6.45, 7) is 4.78. The monoisotopic (exact) mass is 379 g/mol. The Balaban J connectivity index is 3.32. The van der Waals surface area contributed by atoms with Crippen molar-refractivity contribution < 1.29 is 28.1 Å². The molecule has 0 heterocycles. The molecule has 0 aromatic heterocycles. The van der Waals surface area contributed by atoms with Crippen LogP contribution < -0.4 is 4.90 Å². The second kappa shape index (κ2) is 10.3. The standard InChI is InChI=1S/C18H21NO6S/c1-5-25-18(22)12-13(2)19(14(3)20)15-8-6-7-9-16(15)26(23)11-10-17(21)24-4/h6-12H,5H2,1-4H3/b11-10+,13-12+. The van der Waals surface area contributed by atoms with Gasteiger partial charge in [0.25, 0.3) is 0 Å². The van der Waals surface area contributed by atoms with Crippen LogP contribution in [0.3, 0.4) is 0 Å². The average molecular weight is 379 g/mol. The molecule has 1 unspecified atom stereocenters. The summed E-state index contributed by atoms with van der Waals surface area (Å²) >= 11 is 0. The Morgan fingerprint density at radius 2 is 1.81 bits per heavy atom. The van der Waals surface area contributed by atoms with Gasteiger partial charge in [-0.15, -0.1) is 0 Å². The van der Waals surface area contributed by atoms with Crippen LogP contribution in [0.2, 0.25) is 0 Å². The molecule has 0 aliphatic carbocycles. The predicted molar refractivity (Wildman–Crippen MR) is 97.6 cm³/mol. The Morgan fingerprint density at radius 1 is 1.15 bits per heavy atom. The first kappa shape index (κ1) is 21.3. The maximum absolute atomic E-state index is 12.5. The molecule has 0 bridgehead atoms. The van der Waals surface area contributed by atoms with Crippen molar-refractivity contribution in [2.45, 2.75) is 25.7 Å². The highest BCUT2D eigenvalue weighted by Gasteiger charge is 2.20. The Morgan fingerprint density at radius 3 is 2.38 bits per heavy atom. The zero-order valence-electron chi connectivity index (χ0n) is 15.1. The van der Waals surface area contributed by atoms with Gasteiger partial charge in [0.2, 0.25) is 5.91 Å². The number of hydrogen-bond donors (Lipinski definition) is 0. The van der Waals surface area contributed by atoms with Crippen molar-refractivity contribution >= 4 is 34.3 Å². The van der Waals surface area contributed by atoms with Crippen molar-refractivity contribution in [1.82, 2.24) is 0 Å². The minimum atomic E-state index is -1.71. The number of anilines is 1. The molecule has 0 saturated heterocycles. The second-order valence-corrected chi connectivity index (χ2v) is 6.29. The fourth-order valence-electron chi connectivity index (χ4n) is 2.10. The summed E-state index contributed by atoms with van der Waals surface area (Å²) in [5.74, 6) is -1.59. The summed E-state index contributed by atoms with van der Waals surface area (Å²) in [7, 11) is -0.493. The molecule has 140 valence electrons. The predicted octanol–water partition coefficient (Wildman–Crippen LogP) is 2.30. The molecule has 1 aromatic carbocycles. The third-order valence-electron chi connectivity index (χ3n) is 3.13. The van der Waals surface area contributed by atoms with Gasteiger partial charge in [-0.05, 0) is 26.0 Å². The summed E-state index contributed by atoms with van der Waals surface area (Å²) < 4.78 is 21.9. The third-order valence-corrected chi connectivity index (χ3v) is 4.29. The highest BCUT2D eigenvalue weighted by Crippen LogP contribution is 2.27. The van der Waals surface area contributed by atoms with Crippen molar-refractivity contribution in [1.29, 1.82) is 0 Å². The van der Waals surface area contributed by atoms with Crippen LogP contribution in [0.4, 0.5) is 5.69 Å². The first-order valence-electron chi connectivity index (χ1n) is 7.73. The van der Waals surface area contributed by atoms with Crippen LogP contribution in [0.1, 0.15) is 20.8 Å². The zero-order valence-corrected chi connectivity index (χ0v) is 15.9. The fourth-order valence-corrected chi connectivity index (χ4v) is 3.06. The highest BCUT2D eigenvalue weighted by molar-refractivity contribution is 7.88. The lowest BCUT2D eigenvalue weighted by Gasteiger charge is -2.23. The van der Waals surface area contributed by atoms with E-state index in [2.05, 4.69) is 4.74 Å². The van der Waals surface area contributed by atoms with Crippen molar-refractivity contribution in [3.8, 4) is 0 Å². The summed E-state index contributed by atoms with van der Waals surface area (Å²) in [5.41, 5.74) is 0.656. The quantitative estimate of drug-likeness (QED) is 0.533. The molecule has 0 radical (unpaired) electrons. The Labute approximate surface area is 154 Å². The third kappa shape index (κ3) is 5.96. The van der Waals surface area contributed by atoms with E-state index >= 15 is 0 Å². The van der Waals surface area contributed by atoms with Crippen LogP contribution in [0.15, 0.2) is 52.4 Å². The minimum absolute atomic E-state index is 0.210. The van der Waals surface area contributed by atoms with Gasteiger partial charge in [-0.2, -0.15) is 0 Å². The maximum Gasteiger partial charge on any atom is 0.332 e. The molecule has 0 N–H and O–H groups in total. The van der Waals surface area contributed by atoms with E-state index in [4.69, 9.17) is 4.74 Å². The van der Waals surface area contributed by atoms with Crippen molar-refractivity contribution in [3.05, 3.63) is 47.5 Å². The lowest BCUT2D eigenvalue weighted by atomic mass is 10.2. The summed E-state index contributed by atoms with van der Waals surface area (Å²) in [4.78, 5) is 36.6. The minimum Gasteiger partial charge on any atom is -0.466 e. The number of esters is 2. The van der Waals surface area contributed by atoms with E-state index in [-0.39, 0.29) is 12.5 Å². The molecular formula is C18H21NO6S. The van der Waals surface area contributed by atoms with Gasteiger partial charge in [-0.1, -0.05) is 12.1 Å². The van der Waals surface area contributed by atoms with E-state index < -0.39 is 22.7 Å². The molecule has 1 rings (SSSR count). The van der Waals surface area contributed by atoms with Gasteiger partial charge in [0.1, 0.15) is 0 Å². The van der Waals surface area contributed by atoms with Gasteiger partial charge < -0.3 is 9.47 Å². The number of nitrogens with zero attached hydrogens (tertiary/aromatic N) is 1. The molecule has 1 amide bonds. The van der Waals surface area contributed by atoms with Crippen LogP contribution in [0, 0.1) is 0 Å². The lowest BCUT2D eigenvalue weighted by molar-refractivity contribution is -0.137. The number of ether oxygens (including phenoxy) is 2. The largest absolute Gasteiger partial charge is 0.466 e.